The van der Waals surface area contributed by atoms with Crippen LogP contribution in [0.4, 0.5) is 5.69 Å². The average Bonchev–Trinajstić information content (AvgIpc) is 2.74. The third-order valence-corrected chi connectivity index (χ3v) is 4.37. The molecule has 1 atom stereocenters. The van der Waals surface area contributed by atoms with E-state index in [9.17, 15) is 9.59 Å². The molecule has 2 rings (SSSR count). The second-order valence-electron chi connectivity index (χ2n) is 6.67. The molecule has 0 aliphatic carbocycles. The van der Waals surface area contributed by atoms with Crippen molar-refractivity contribution in [2.45, 2.75) is 45.6 Å². The number of ether oxygens (including phenoxy) is 3. The topological polar surface area (TPSA) is 73.9 Å². The lowest BCUT2D eigenvalue weighted by atomic mass is 10.2. The number of esters is 1. The van der Waals surface area contributed by atoms with Crippen molar-refractivity contribution in [3.63, 3.8) is 0 Å². The number of hydrogen-bond donors (Lipinski definition) is 1. The monoisotopic (exact) mass is 399 g/mol. The van der Waals surface area contributed by atoms with Crippen LogP contribution in [0.3, 0.4) is 0 Å². The first-order chi connectivity index (χ1) is 14.0. The molecule has 0 aliphatic rings. The Bertz CT molecular complexity index is 788. The summed E-state index contributed by atoms with van der Waals surface area (Å²) in [7, 11) is 1.52. The number of hydrogen-bond acceptors (Lipinski definition) is 5. The summed E-state index contributed by atoms with van der Waals surface area (Å²) < 4.78 is 16.1. The van der Waals surface area contributed by atoms with E-state index in [0.29, 0.717) is 29.4 Å². The van der Waals surface area contributed by atoms with Gasteiger partial charge in [-0.05, 0) is 49.7 Å². The van der Waals surface area contributed by atoms with Crippen LogP contribution in [0, 0.1) is 0 Å². The number of unbranched alkanes of at least 4 members (excludes halogenated alkanes) is 3. The Labute approximate surface area is 172 Å². The van der Waals surface area contributed by atoms with Crippen molar-refractivity contribution >= 4 is 17.6 Å². The smallest absolute Gasteiger partial charge is 0.338 e. The molecule has 1 N–H and O–H groups in total. The van der Waals surface area contributed by atoms with Gasteiger partial charge in [-0.3, -0.25) is 4.79 Å². The Morgan fingerprint density at radius 2 is 1.72 bits per heavy atom. The van der Waals surface area contributed by atoms with Gasteiger partial charge in [0.15, 0.2) is 6.10 Å². The molecule has 2 aromatic rings. The molecule has 6 heteroatoms. The minimum atomic E-state index is -0.957. The van der Waals surface area contributed by atoms with Crippen molar-refractivity contribution in [2.75, 3.05) is 19.0 Å². The molecule has 0 fully saturated rings. The summed E-state index contributed by atoms with van der Waals surface area (Å²) in [6, 6.07) is 13.8. The Morgan fingerprint density at radius 1 is 1.00 bits per heavy atom. The van der Waals surface area contributed by atoms with Crippen LogP contribution in [0.15, 0.2) is 48.5 Å². The molecule has 0 aromatic heterocycles. The molecule has 0 aliphatic heterocycles. The number of rotatable bonds is 11. The number of benzene rings is 2. The summed E-state index contributed by atoms with van der Waals surface area (Å²) in [4.78, 5) is 24.6. The second kappa shape index (κ2) is 11.7. The van der Waals surface area contributed by atoms with E-state index in [-0.39, 0.29) is 0 Å². The second-order valence-corrected chi connectivity index (χ2v) is 6.67. The van der Waals surface area contributed by atoms with Gasteiger partial charge in [0.1, 0.15) is 11.5 Å². The quantitative estimate of drug-likeness (QED) is 0.432. The summed E-state index contributed by atoms with van der Waals surface area (Å²) in [5.74, 6) is 0.238. The van der Waals surface area contributed by atoms with Crippen LogP contribution >= 0.6 is 0 Å². The first-order valence-electron chi connectivity index (χ1n) is 9.93. The van der Waals surface area contributed by atoms with Crippen LogP contribution in [0.5, 0.6) is 11.5 Å². The first kappa shape index (κ1) is 22.3. The fraction of sp³-hybridized carbons (Fsp3) is 0.391. The maximum absolute atomic E-state index is 12.3. The number of para-hydroxylation sites is 2. The predicted octanol–water partition coefficient (Wildman–Crippen LogP) is 4.84. The van der Waals surface area contributed by atoms with Gasteiger partial charge >= 0.3 is 5.97 Å². The summed E-state index contributed by atoms with van der Waals surface area (Å²) in [6.45, 7) is 4.35. The van der Waals surface area contributed by atoms with Gasteiger partial charge in [0, 0.05) is 0 Å². The van der Waals surface area contributed by atoms with Crippen molar-refractivity contribution < 1.29 is 23.8 Å². The number of anilines is 1. The third kappa shape index (κ3) is 7.14. The van der Waals surface area contributed by atoms with E-state index in [1.54, 1.807) is 48.5 Å². The van der Waals surface area contributed by atoms with Gasteiger partial charge in [-0.15, -0.1) is 0 Å². The zero-order valence-corrected chi connectivity index (χ0v) is 17.3. The minimum absolute atomic E-state index is 0.361. The molecule has 0 saturated carbocycles. The highest BCUT2D eigenvalue weighted by Gasteiger charge is 2.20. The van der Waals surface area contributed by atoms with Crippen molar-refractivity contribution in [1.82, 2.24) is 0 Å². The summed E-state index contributed by atoms with van der Waals surface area (Å²) >= 11 is 0. The van der Waals surface area contributed by atoms with Crippen LogP contribution in [-0.4, -0.2) is 31.7 Å². The van der Waals surface area contributed by atoms with Gasteiger partial charge in [-0.2, -0.15) is 0 Å². The van der Waals surface area contributed by atoms with E-state index in [0.717, 1.165) is 12.8 Å². The lowest BCUT2D eigenvalue weighted by Crippen LogP contribution is -2.30. The maximum atomic E-state index is 12.3. The molecule has 29 heavy (non-hydrogen) atoms. The fourth-order valence-corrected chi connectivity index (χ4v) is 2.67. The Morgan fingerprint density at radius 3 is 2.41 bits per heavy atom. The largest absolute Gasteiger partial charge is 0.495 e. The van der Waals surface area contributed by atoms with Gasteiger partial charge in [0.05, 0.1) is 25.0 Å². The Hall–Kier alpha value is -3.02. The molecule has 0 bridgehead atoms. The maximum Gasteiger partial charge on any atom is 0.338 e. The van der Waals surface area contributed by atoms with Crippen molar-refractivity contribution in [1.29, 1.82) is 0 Å². The summed E-state index contributed by atoms with van der Waals surface area (Å²) in [6.07, 6.45) is 3.59. The molecule has 0 radical (unpaired) electrons. The van der Waals surface area contributed by atoms with E-state index >= 15 is 0 Å². The standard InChI is InChI=1S/C23H29NO5/c1-4-5-6-9-16-28-19-14-12-18(13-15-19)23(26)29-17(2)22(25)24-20-10-7-8-11-21(20)27-3/h7-8,10-15,17H,4-6,9,16H2,1-3H3,(H,24,25)/t17-/m0/s1. The molecular weight excluding hydrogens is 370 g/mol. The molecule has 2 aromatic carbocycles. The number of nitrogens with one attached hydrogen (secondary N) is 1. The molecule has 0 saturated heterocycles. The Kier molecular flexibility index (Phi) is 9.02. The van der Waals surface area contributed by atoms with Crippen LogP contribution < -0.4 is 14.8 Å². The summed E-state index contributed by atoms with van der Waals surface area (Å²) in [5, 5.41) is 2.70. The number of carbonyl (C=O) groups is 2. The van der Waals surface area contributed by atoms with E-state index in [4.69, 9.17) is 14.2 Å². The molecular formula is C23H29NO5. The third-order valence-electron chi connectivity index (χ3n) is 4.37. The van der Waals surface area contributed by atoms with Crippen LogP contribution in [-0.2, 0) is 9.53 Å². The van der Waals surface area contributed by atoms with Crippen LogP contribution in [0.2, 0.25) is 0 Å². The highest BCUT2D eigenvalue weighted by Crippen LogP contribution is 2.23. The van der Waals surface area contributed by atoms with E-state index < -0.39 is 18.0 Å². The van der Waals surface area contributed by atoms with Crippen LogP contribution in [0.25, 0.3) is 0 Å². The van der Waals surface area contributed by atoms with Crippen molar-refractivity contribution in [2.24, 2.45) is 0 Å². The number of methoxy groups -OCH3 is 1. The number of amides is 1. The molecule has 156 valence electrons. The molecule has 0 heterocycles. The van der Waals surface area contributed by atoms with Gasteiger partial charge in [0.2, 0.25) is 0 Å². The highest BCUT2D eigenvalue weighted by atomic mass is 16.5. The van der Waals surface area contributed by atoms with Gasteiger partial charge < -0.3 is 19.5 Å². The van der Waals surface area contributed by atoms with Crippen molar-refractivity contribution in [3.8, 4) is 11.5 Å². The van der Waals surface area contributed by atoms with Gasteiger partial charge in [0.25, 0.3) is 5.91 Å². The molecule has 0 unspecified atom stereocenters. The zero-order valence-electron chi connectivity index (χ0n) is 17.3. The first-order valence-corrected chi connectivity index (χ1v) is 9.93. The molecule has 6 nitrogen and oxygen atoms in total. The minimum Gasteiger partial charge on any atom is -0.495 e. The molecule has 1 amide bonds. The lowest BCUT2D eigenvalue weighted by Gasteiger charge is -2.15. The van der Waals surface area contributed by atoms with E-state index in [1.807, 2.05) is 0 Å². The van der Waals surface area contributed by atoms with E-state index in [2.05, 4.69) is 12.2 Å². The molecule has 0 spiro atoms. The lowest BCUT2D eigenvalue weighted by molar-refractivity contribution is -0.123. The average molecular weight is 399 g/mol. The van der Waals surface area contributed by atoms with Gasteiger partial charge in [-0.1, -0.05) is 38.3 Å². The Balaban J connectivity index is 1.84. The van der Waals surface area contributed by atoms with E-state index in [1.165, 1.54) is 26.9 Å². The fourth-order valence-electron chi connectivity index (χ4n) is 2.67. The zero-order chi connectivity index (χ0) is 21.1. The summed E-state index contributed by atoms with van der Waals surface area (Å²) in [5.41, 5.74) is 0.878. The van der Waals surface area contributed by atoms with Crippen LogP contribution in [0.1, 0.15) is 49.9 Å². The van der Waals surface area contributed by atoms with Gasteiger partial charge in [-0.25, -0.2) is 4.79 Å². The number of carbonyl (C=O) groups excluding carboxylic acids is 2. The predicted molar refractivity (Wildman–Crippen MR) is 113 cm³/mol. The normalized spacial score (nSPS) is 11.4. The van der Waals surface area contributed by atoms with Crippen molar-refractivity contribution in [3.05, 3.63) is 54.1 Å². The SMILES string of the molecule is CCCCCCOc1ccc(C(=O)O[C@@H](C)C(=O)Nc2ccccc2OC)cc1. The highest BCUT2D eigenvalue weighted by molar-refractivity contribution is 5.98.